The summed E-state index contributed by atoms with van der Waals surface area (Å²) in [5.74, 6) is -2.97. The van der Waals surface area contributed by atoms with Gasteiger partial charge < -0.3 is 5.11 Å². The summed E-state index contributed by atoms with van der Waals surface area (Å²) >= 11 is 0.646. The fourth-order valence-electron chi connectivity index (χ4n) is 3.39. The fourth-order valence-corrected chi connectivity index (χ4v) is 5.84. The van der Waals surface area contributed by atoms with Crippen molar-refractivity contribution in [2.45, 2.75) is 69.6 Å². The lowest BCUT2D eigenvalue weighted by atomic mass is 9.85. The second-order valence-corrected chi connectivity index (χ2v) is 11.7. The van der Waals surface area contributed by atoms with E-state index in [-0.39, 0.29) is 34.3 Å². The predicted octanol–water partition coefficient (Wildman–Crippen LogP) is 5.05. The third-order valence-electron chi connectivity index (χ3n) is 4.88. The van der Waals surface area contributed by atoms with Gasteiger partial charge in [0.25, 0.3) is 0 Å². The molecule has 3 N–H and O–H groups in total. The van der Waals surface area contributed by atoms with Crippen LogP contribution < -0.4 is 4.72 Å². The number of halogens is 2. The average molecular weight is 484 g/mol. The molecule has 0 fully saturated rings. The highest BCUT2D eigenvalue weighted by Gasteiger charge is 2.29. The molecule has 1 heterocycles. The van der Waals surface area contributed by atoms with E-state index in [9.17, 15) is 28.2 Å². The lowest BCUT2D eigenvalue weighted by Gasteiger charge is -2.21. The number of carbonyl (C=O) groups excluding carboxylic acids is 1. The normalized spacial score (nSPS) is 13.8. The van der Waals surface area contributed by atoms with Gasteiger partial charge in [0.05, 0.1) is 17.6 Å². The minimum Gasteiger partial charge on any atom is -0.385 e. The molecule has 0 aliphatic heterocycles. The minimum absolute atomic E-state index is 0.120. The molecule has 0 aliphatic carbocycles. The summed E-state index contributed by atoms with van der Waals surface area (Å²) in [6, 6.07) is 4.23. The summed E-state index contributed by atoms with van der Waals surface area (Å²) in [5, 5.41) is 19.3. The Kier molecular flexibility index (Phi) is 7.49. The predicted molar refractivity (Wildman–Crippen MR) is 120 cm³/mol. The summed E-state index contributed by atoms with van der Waals surface area (Å²) in [4.78, 5) is 12.9. The molecule has 2 aromatic rings. The topological polar surface area (TPSA) is 114 Å². The molecule has 1 unspecified atom stereocenters. The Hall–Kier alpha value is -2.35. The first-order chi connectivity index (χ1) is 14.6. The van der Waals surface area contributed by atoms with Gasteiger partial charge in [-0.3, -0.25) is 9.52 Å². The van der Waals surface area contributed by atoms with Crippen molar-refractivity contribution in [1.29, 1.82) is 10.0 Å². The van der Waals surface area contributed by atoms with Gasteiger partial charge in [-0.1, -0.05) is 27.7 Å². The fraction of sp³-hybridized carbons (Fsp3) is 0.455. The van der Waals surface area contributed by atoms with Crippen molar-refractivity contribution in [2.24, 2.45) is 0 Å². The molecule has 174 valence electrons. The molecule has 32 heavy (non-hydrogen) atoms. The largest absolute Gasteiger partial charge is 0.385 e. The van der Waals surface area contributed by atoms with Crippen molar-refractivity contribution < 1.29 is 22.9 Å². The summed E-state index contributed by atoms with van der Waals surface area (Å²) in [6.45, 7) is 9.99. The lowest BCUT2D eigenvalue weighted by Crippen LogP contribution is -2.31. The number of hydrogen-bond donors (Lipinski definition) is 3. The standard InChI is InChI=1S/C22H27F2N3O3S2/c1-11(2)14-7-13(10-25)20(24)19(12(3)4)15(14)8-18(28)27-32(26,30)21-16(23)9-17(31-21)22(5,6)29/h7,9,11-12,29H,8H2,1-6H3,(H2,26,27,28,30). The molecular weight excluding hydrogens is 456 g/mol. The van der Waals surface area contributed by atoms with E-state index >= 15 is 0 Å². The molecular formula is C22H27F2N3O3S2. The van der Waals surface area contributed by atoms with E-state index in [0.29, 0.717) is 22.5 Å². The zero-order valence-electron chi connectivity index (χ0n) is 18.8. The van der Waals surface area contributed by atoms with Gasteiger partial charge in [0.15, 0.2) is 19.9 Å². The van der Waals surface area contributed by atoms with E-state index in [0.717, 1.165) is 6.07 Å². The second-order valence-electron chi connectivity index (χ2n) is 8.70. The first-order valence-electron chi connectivity index (χ1n) is 9.97. The molecule has 10 heteroatoms. The molecule has 0 radical (unpaired) electrons. The van der Waals surface area contributed by atoms with Gasteiger partial charge >= 0.3 is 0 Å². The van der Waals surface area contributed by atoms with Crippen LogP contribution >= 0.6 is 11.3 Å². The molecule has 6 nitrogen and oxygen atoms in total. The van der Waals surface area contributed by atoms with Crippen LogP contribution in [-0.4, -0.2) is 15.2 Å². The van der Waals surface area contributed by atoms with E-state index in [1.807, 2.05) is 19.9 Å². The van der Waals surface area contributed by atoms with Gasteiger partial charge in [0, 0.05) is 4.88 Å². The van der Waals surface area contributed by atoms with Crippen LogP contribution in [0.25, 0.3) is 0 Å². The number of aliphatic hydroxyl groups is 1. The molecule has 0 spiro atoms. The van der Waals surface area contributed by atoms with Crippen LogP contribution in [0.1, 0.15) is 80.5 Å². The van der Waals surface area contributed by atoms with E-state index in [1.165, 1.54) is 19.9 Å². The molecule has 1 aromatic carbocycles. The van der Waals surface area contributed by atoms with Crippen LogP contribution in [0.5, 0.6) is 0 Å². The Balaban J connectivity index is 2.47. The minimum atomic E-state index is -4.05. The van der Waals surface area contributed by atoms with Crippen molar-refractivity contribution in [2.75, 3.05) is 0 Å². The van der Waals surface area contributed by atoms with Crippen LogP contribution in [0.2, 0.25) is 0 Å². The van der Waals surface area contributed by atoms with Crippen molar-refractivity contribution in [3.63, 3.8) is 0 Å². The van der Waals surface area contributed by atoms with Gasteiger partial charge in [-0.2, -0.15) is 5.26 Å². The molecule has 1 amide bonds. The number of nitrogens with zero attached hydrogens (tertiary/aromatic N) is 1. The van der Waals surface area contributed by atoms with Crippen LogP contribution in [0.15, 0.2) is 16.3 Å². The van der Waals surface area contributed by atoms with Crippen molar-refractivity contribution in [1.82, 2.24) is 4.72 Å². The number of rotatable bonds is 7. The maximum absolute atomic E-state index is 14.9. The number of carbonyl (C=O) groups is 1. The Bertz CT molecular complexity index is 1190. The first kappa shape index (κ1) is 25.9. The molecule has 0 saturated heterocycles. The Labute approximate surface area is 191 Å². The van der Waals surface area contributed by atoms with E-state index in [2.05, 4.69) is 4.72 Å². The maximum Gasteiger partial charge on any atom is 0.236 e. The van der Waals surface area contributed by atoms with Gasteiger partial charge in [-0.05, 0) is 54.5 Å². The molecule has 0 bridgehead atoms. The highest BCUT2D eigenvalue weighted by atomic mass is 32.2. The third kappa shape index (κ3) is 5.34. The van der Waals surface area contributed by atoms with Crippen LogP contribution in [0.3, 0.4) is 0 Å². The van der Waals surface area contributed by atoms with E-state index in [1.54, 1.807) is 13.8 Å². The monoisotopic (exact) mass is 483 g/mol. The molecule has 1 atom stereocenters. The van der Waals surface area contributed by atoms with Crippen LogP contribution in [0.4, 0.5) is 8.78 Å². The molecule has 0 aliphatic rings. The number of nitriles is 1. The number of amides is 1. The maximum atomic E-state index is 14.9. The number of nitrogens with one attached hydrogen (secondary N) is 2. The van der Waals surface area contributed by atoms with Gasteiger partial charge in [0.2, 0.25) is 5.91 Å². The highest BCUT2D eigenvalue weighted by molar-refractivity contribution is 7.93. The smallest absolute Gasteiger partial charge is 0.236 e. The van der Waals surface area contributed by atoms with E-state index < -0.39 is 37.3 Å². The van der Waals surface area contributed by atoms with Crippen molar-refractivity contribution >= 4 is 27.2 Å². The lowest BCUT2D eigenvalue weighted by molar-refractivity contribution is -0.118. The summed E-state index contributed by atoms with van der Waals surface area (Å²) in [6.07, 6.45) is -0.384. The number of benzene rings is 1. The van der Waals surface area contributed by atoms with Gasteiger partial charge in [-0.25, -0.2) is 17.8 Å². The summed E-state index contributed by atoms with van der Waals surface area (Å²) in [7, 11) is -4.05. The van der Waals surface area contributed by atoms with Crippen LogP contribution in [0, 0.1) is 27.7 Å². The van der Waals surface area contributed by atoms with E-state index in [4.69, 9.17) is 4.78 Å². The Morgan fingerprint density at radius 3 is 2.31 bits per heavy atom. The molecule has 1 aromatic heterocycles. The highest BCUT2D eigenvalue weighted by Crippen LogP contribution is 2.34. The van der Waals surface area contributed by atoms with Gasteiger partial charge in [0.1, 0.15) is 11.9 Å². The summed E-state index contributed by atoms with van der Waals surface area (Å²) < 4.78 is 51.8. The third-order valence-corrected chi connectivity index (χ3v) is 8.28. The molecule has 2 rings (SSSR count). The number of thiophene rings is 1. The van der Waals surface area contributed by atoms with Crippen molar-refractivity contribution in [3.05, 3.63) is 50.9 Å². The second kappa shape index (κ2) is 9.25. The van der Waals surface area contributed by atoms with Crippen LogP contribution in [-0.2, 0) is 26.7 Å². The first-order valence-corrected chi connectivity index (χ1v) is 12.3. The zero-order valence-corrected chi connectivity index (χ0v) is 20.4. The Morgan fingerprint density at radius 1 is 1.28 bits per heavy atom. The van der Waals surface area contributed by atoms with Gasteiger partial charge in [-0.15, -0.1) is 11.3 Å². The summed E-state index contributed by atoms with van der Waals surface area (Å²) in [5.41, 5.74) is -0.341. The van der Waals surface area contributed by atoms with Crippen molar-refractivity contribution in [3.8, 4) is 6.07 Å². The SMILES string of the molecule is CC(C)c1cc(C#N)c(F)c(C(C)C)c1CC(=O)NS(=N)(=O)c1sc(C(C)(C)O)cc1F. The number of hydrogen-bond acceptors (Lipinski definition) is 6. The zero-order chi connectivity index (χ0) is 24.6. The quantitative estimate of drug-likeness (QED) is 0.511. The molecule has 0 saturated carbocycles. The average Bonchev–Trinajstić information content (AvgIpc) is 3.04. The Morgan fingerprint density at radius 2 is 1.88 bits per heavy atom.